The molecule has 0 amide bonds. The van der Waals surface area contributed by atoms with Crippen LogP contribution in [0.4, 0.5) is 0 Å². The minimum absolute atomic E-state index is 0.775. The summed E-state index contributed by atoms with van der Waals surface area (Å²) < 4.78 is 0. The number of hydrogen-bond acceptors (Lipinski definition) is 2. The van der Waals surface area contributed by atoms with Crippen molar-refractivity contribution in [1.29, 1.82) is 0 Å². The Morgan fingerprint density at radius 3 is 2.44 bits per heavy atom. The van der Waals surface area contributed by atoms with Crippen LogP contribution >= 0.6 is 10.7 Å². The molecule has 1 rings (SSSR count). The summed E-state index contributed by atoms with van der Waals surface area (Å²) in [5.74, 6) is 0. The van der Waals surface area contributed by atoms with Crippen LogP contribution in [0.2, 0.25) is 0 Å². The third-order valence-electron chi connectivity index (χ3n) is 1.13. The fraction of sp³-hybridized carbons (Fsp3) is 0.200. The summed E-state index contributed by atoms with van der Waals surface area (Å²) in [5, 5.41) is 21.0. The van der Waals surface area contributed by atoms with Crippen LogP contribution in [0.25, 0.3) is 0 Å². The molecule has 0 fully saturated rings. The van der Waals surface area contributed by atoms with Crippen LogP contribution in [0.3, 0.4) is 0 Å². The van der Waals surface area contributed by atoms with E-state index in [2.05, 4.69) is 0 Å². The molecule has 0 aromatic rings. The molecule has 4 heteroatoms. The number of thiol groups is 1. The molecule has 1 heterocycles. The second-order valence-corrected chi connectivity index (χ2v) is 3.90. The SMILES string of the molecule is CC1=C[SH](B(O)O)C=C1. The first-order chi connectivity index (χ1) is 4.20. The second kappa shape index (κ2) is 2.60. The van der Waals surface area contributed by atoms with Gasteiger partial charge < -0.3 is 10.0 Å². The van der Waals surface area contributed by atoms with Crippen molar-refractivity contribution in [2.45, 2.75) is 6.92 Å². The average Bonchev–Trinajstić information content (AvgIpc) is 2.14. The van der Waals surface area contributed by atoms with Crippen LogP contribution < -0.4 is 0 Å². The van der Waals surface area contributed by atoms with E-state index >= 15 is 0 Å². The smallest absolute Gasteiger partial charge is 0.418 e. The van der Waals surface area contributed by atoms with Crippen molar-refractivity contribution in [2.75, 3.05) is 0 Å². The first-order valence-electron chi connectivity index (χ1n) is 2.70. The molecule has 50 valence electrons. The first-order valence-corrected chi connectivity index (χ1v) is 4.25. The van der Waals surface area contributed by atoms with Gasteiger partial charge in [-0.25, -0.2) is 0 Å². The Morgan fingerprint density at radius 2 is 2.22 bits per heavy atom. The van der Waals surface area contributed by atoms with Crippen molar-refractivity contribution in [3.8, 4) is 0 Å². The molecule has 0 aliphatic carbocycles. The minimum Gasteiger partial charge on any atom is -0.418 e. The van der Waals surface area contributed by atoms with Crippen LogP contribution in [-0.2, 0) is 0 Å². The van der Waals surface area contributed by atoms with Gasteiger partial charge in [0.1, 0.15) is 0 Å². The number of hydrogen-bond donors (Lipinski definition) is 3. The number of rotatable bonds is 1. The highest BCUT2D eigenvalue weighted by Gasteiger charge is 2.16. The van der Waals surface area contributed by atoms with Crippen molar-refractivity contribution >= 4 is 17.1 Å². The van der Waals surface area contributed by atoms with Crippen LogP contribution in [0.1, 0.15) is 6.92 Å². The lowest BCUT2D eigenvalue weighted by Crippen LogP contribution is -2.07. The quantitative estimate of drug-likeness (QED) is 0.368. The molecule has 1 aliphatic rings. The van der Waals surface area contributed by atoms with Crippen molar-refractivity contribution in [3.05, 3.63) is 22.5 Å². The van der Waals surface area contributed by atoms with Gasteiger partial charge in [-0.15, -0.1) is 0 Å². The molecule has 0 spiro atoms. The maximum absolute atomic E-state index is 8.66. The molecule has 0 aromatic heterocycles. The summed E-state index contributed by atoms with van der Waals surface area (Å²) >= 11 is 0. The zero-order valence-electron chi connectivity index (χ0n) is 5.15. The van der Waals surface area contributed by atoms with Crippen LogP contribution in [0.5, 0.6) is 0 Å². The predicted molar refractivity (Wildman–Crippen MR) is 42.1 cm³/mol. The highest BCUT2D eigenvalue weighted by molar-refractivity contribution is 8.43. The van der Waals surface area contributed by atoms with E-state index < -0.39 is 17.1 Å². The molecule has 1 atom stereocenters. The van der Waals surface area contributed by atoms with E-state index in [1.54, 1.807) is 0 Å². The van der Waals surface area contributed by atoms with Gasteiger partial charge in [0.05, 0.1) is 0 Å². The molecule has 2 nitrogen and oxygen atoms in total. The van der Waals surface area contributed by atoms with Gasteiger partial charge >= 0.3 is 6.40 Å². The molecular formula is C5H9BO2S. The normalized spacial score (nSPS) is 28.3. The molecule has 0 bridgehead atoms. The lowest BCUT2D eigenvalue weighted by Gasteiger charge is -2.04. The molecule has 0 saturated heterocycles. The van der Waals surface area contributed by atoms with Gasteiger partial charge in [0, 0.05) is 0 Å². The van der Waals surface area contributed by atoms with Crippen molar-refractivity contribution in [3.63, 3.8) is 0 Å². The van der Waals surface area contributed by atoms with Crippen molar-refractivity contribution in [1.82, 2.24) is 0 Å². The zero-order chi connectivity index (χ0) is 6.85. The average molecular weight is 144 g/mol. The van der Waals surface area contributed by atoms with Gasteiger partial charge in [-0.05, 0) is 23.3 Å². The Labute approximate surface area is 57.3 Å². The number of allylic oxidation sites excluding steroid dienone is 2. The van der Waals surface area contributed by atoms with E-state index in [-0.39, 0.29) is 0 Å². The molecule has 0 saturated carbocycles. The summed E-state index contributed by atoms with van der Waals surface area (Å²) in [6, 6.07) is 0. The second-order valence-electron chi connectivity index (χ2n) is 1.98. The third kappa shape index (κ3) is 1.61. The summed E-state index contributed by atoms with van der Waals surface area (Å²) in [5.41, 5.74) is 1.12. The highest BCUT2D eigenvalue weighted by atomic mass is 32.2. The summed E-state index contributed by atoms with van der Waals surface area (Å²) in [6.07, 6.45) is 0.735. The van der Waals surface area contributed by atoms with E-state index in [0.717, 1.165) is 5.57 Å². The van der Waals surface area contributed by atoms with Gasteiger partial charge in [0.25, 0.3) is 0 Å². The largest absolute Gasteiger partial charge is 0.514 e. The van der Waals surface area contributed by atoms with E-state index in [1.165, 1.54) is 0 Å². The Bertz CT molecular complexity index is 164. The molecular weight excluding hydrogens is 135 g/mol. The van der Waals surface area contributed by atoms with Gasteiger partial charge in [0.2, 0.25) is 0 Å². The molecule has 1 aliphatic heterocycles. The van der Waals surface area contributed by atoms with E-state index in [4.69, 9.17) is 10.0 Å². The molecule has 2 N–H and O–H groups in total. The molecule has 0 aromatic carbocycles. The fourth-order valence-electron chi connectivity index (χ4n) is 0.668. The molecule has 1 unspecified atom stereocenters. The first kappa shape index (κ1) is 6.93. The Morgan fingerprint density at radius 1 is 1.56 bits per heavy atom. The highest BCUT2D eigenvalue weighted by Crippen LogP contribution is 2.36. The van der Waals surface area contributed by atoms with Crippen LogP contribution in [0, 0.1) is 0 Å². The maximum Gasteiger partial charge on any atom is 0.514 e. The van der Waals surface area contributed by atoms with E-state index in [1.807, 2.05) is 23.8 Å². The topological polar surface area (TPSA) is 40.5 Å². The van der Waals surface area contributed by atoms with Gasteiger partial charge in [-0.2, -0.15) is 10.7 Å². The van der Waals surface area contributed by atoms with Gasteiger partial charge in [-0.3, -0.25) is 0 Å². The van der Waals surface area contributed by atoms with Crippen LogP contribution in [0.15, 0.2) is 22.5 Å². The fourth-order valence-corrected chi connectivity index (χ4v) is 2.01. The Hall–Kier alpha value is -0.185. The Balaban J connectivity index is 2.59. The summed E-state index contributed by atoms with van der Waals surface area (Å²) in [7, 11) is -0.775. The minimum atomic E-state index is -1.17. The monoisotopic (exact) mass is 144 g/mol. The van der Waals surface area contributed by atoms with Crippen LogP contribution in [-0.4, -0.2) is 16.4 Å². The maximum atomic E-state index is 8.66. The lowest BCUT2D eigenvalue weighted by atomic mass is 10.4. The standard InChI is InChI=1S/C5H9BO2S/c1-5-2-3-9(4-5)6(7)8/h2-4,7-9H,1H3. The predicted octanol–water partition coefficient (Wildman–Crippen LogP) is 0.388. The van der Waals surface area contributed by atoms with Crippen molar-refractivity contribution in [2.24, 2.45) is 0 Å². The zero-order valence-corrected chi connectivity index (χ0v) is 6.05. The molecule has 9 heavy (non-hydrogen) atoms. The van der Waals surface area contributed by atoms with E-state index in [9.17, 15) is 0 Å². The summed E-state index contributed by atoms with van der Waals surface area (Å²) in [6.45, 7) is 1.95. The third-order valence-corrected chi connectivity index (χ3v) is 2.86. The summed E-state index contributed by atoms with van der Waals surface area (Å²) in [4.78, 5) is 0. The lowest BCUT2D eigenvalue weighted by molar-refractivity contribution is 0.437. The van der Waals surface area contributed by atoms with Gasteiger partial charge in [0.15, 0.2) is 0 Å². The molecule has 0 radical (unpaired) electrons. The Kier molecular flexibility index (Phi) is 2.00. The van der Waals surface area contributed by atoms with E-state index in [0.29, 0.717) is 0 Å². The van der Waals surface area contributed by atoms with Gasteiger partial charge in [-0.1, -0.05) is 6.08 Å². The van der Waals surface area contributed by atoms with Crippen molar-refractivity contribution < 1.29 is 10.0 Å².